The van der Waals surface area contributed by atoms with E-state index in [4.69, 9.17) is 9.40 Å². The highest BCUT2D eigenvalue weighted by atomic mass is 16.6. The number of fused-ring (bicyclic) bond motifs is 4. The number of non-ortho nitro benzene ring substituents is 1. The first-order valence-electron chi connectivity index (χ1n) is 11.3. The Hall–Kier alpha value is -3.47. The maximum atomic E-state index is 11.5. The van der Waals surface area contributed by atoms with Crippen LogP contribution in [0.2, 0.25) is 0 Å². The van der Waals surface area contributed by atoms with Gasteiger partial charge in [-0.1, -0.05) is 38.8 Å². The molecule has 0 amide bonds. The fourth-order valence-electron chi connectivity index (χ4n) is 5.40. The topological polar surface area (TPSA) is 69.2 Å². The van der Waals surface area contributed by atoms with E-state index in [1.807, 2.05) is 31.2 Å². The highest BCUT2D eigenvalue weighted by molar-refractivity contribution is 5.85. The second-order valence-electron chi connectivity index (χ2n) is 8.82. The maximum Gasteiger partial charge on any atom is 0.269 e. The molecule has 32 heavy (non-hydrogen) atoms. The van der Waals surface area contributed by atoms with Crippen LogP contribution in [0, 0.1) is 17.0 Å². The summed E-state index contributed by atoms with van der Waals surface area (Å²) in [4.78, 5) is 16.0. The molecule has 3 aromatic carbocycles. The standard InChI is InChI=1S/C27H26N2O3/c1-4-12-27(13-5-2)22-15-18(26-28-24-11-6-17(3)14-25(24)32-26)7-9-20(22)21-10-8-19(29(30)31)16-23(21)27/h6-11,14-16H,4-5,12-13H2,1-3H3. The van der Waals surface area contributed by atoms with Crippen molar-refractivity contribution in [2.45, 2.75) is 51.9 Å². The van der Waals surface area contributed by atoms with Gasteiger partial charge in [0.2, 0.25) is 5.89 Å². The summed E-state index contributed by atoms with van der Waals surface area (Å²) in [5, 5.41) is 11.5. The number of hydrogen-bond acceptors (Lipinski definition) is 4. The zero-order chi connectivity index (χ0) is 22.5. The predicted octanol–water partition coefficient (Wildman–Crippen LogP) is 7.58. The molecule has 1 heterocycles. The van der Waals surface area contributed by atoms with E-state index < -0.39 is 0 Å². The number of benzene rings is 3. The molecule has 5 heteroatoms. The molecule has 0 saturated carbocycles. The van der Waals surface area contributed by atoms with Crippen molar-refractivity contribution in [3.8, 4) is 22.6 Å². The number of hydrogen-bond donors (Lipinski definition) is 0. The fourth-order valence-corrected chi connectivity index (χ4v) is 5.40. The molecule has 0 spiro atoms. The lowest BCUT2D eigenvalue weighted by atomic mass is 9.71. The third-order valence-corrected chi connectivity index (χ3v) is 6.70. The van der Waals surface area contributed by atoms with Crippen molar-refractivity contribution in [3.63, 3.8) is 0 Å². The van der Waals surface area contributed by atoms with Crippen LogP contribution in [0.25, 0.3) is 33.7 Å². The number of nitrogens with zero attached hydrogens (tertiary/aromatic N) is 2. The molecule has 162 valence electrons. The van der Waals surface area contributed by atoms with Gasteiger partial charge >= 0.3 is 0 Å². The van der Waals surface area contributed by atoms with Gasteiger partial charge in [-0.05, 0) is 77.9 Å². The van der Waals surface area contributed by atoms with Crippen LogP contribution in [0.15, 0.2) is 59.0 Å². The molecular weight excluding hydrogens is 400 g/mol. The smallest absolute Gasteiger partial charge is 0.269 e. The number of nitro benzene ring substituents is 1. The molecule has 1 aromatic heterocycles. The molecule has 4 aromatic rings. The average molecular weight is 427 g/mol. The SMILES string of the molecule is CCCC1(CCC)c2cc(-c3nc4ccc(C)cc4o3)ccc2-c2ccc([N+](=O)[O-])cc21. The van der Waals surface area contributed by atoms with E-state index in [0.717, 1.165) is 64.6 Å². The molecule has 0 aliphatic heterocycles. The minimum atomic E-state index is -0.294. The van der Waals surface area contributed by atoms with Crippen molar-refractivity contribution in [1.29, 1.82) is 0 Å². The van der Waals surface area contributed by atoms with Gasteiger partial charge in [0.1, 0.15) is 5.52 Å². The Morgan fingerprint density at radius 3 is 2.31 bits per heavy atom. The maximum absolute atomic E-state index is 11.5. The molecule has 0 fully saturated rings. The molecule has 0 unspecified atom stereocenters. The van der Waals surface area contributed by atoms with E-state index in [1.165, 1.54) is 5.56 Å². The molecule has 0 N–H and O–H groups in total. The monoisotopic (exact) mass is 426 g/mol. The van der Waals surface area contributed by atoms with Crippen LogP contribution >= 0.6 is 0 Å². The molecule has 0 saturated heterocycles. The van der Waals surface area contributed by atoms with Crippen molar-refractivity contribution in [2.75, 3.05) is 0 Å². The number of aromatic nitrogens is 1. The van der Waals surface area contributed by atoms with Crippen molar-refractivity contribution >= 4 is 16.8 Å². The van der Waals surface area contributed by atoms with E-state index in [9.17, 15) is 10.1 Å². The van der Waals surface area contributed by atoms with Gasteiger partial charge < -0.3 is 4.42 Å². The lowest BCUT2D eigenvalue weighted by Crippen LogP contribution is -2.25. The molecular formula is C27H26N2O3. The van der Waals surface area contributed by atoms with Crippen molar-refractivity contribution in [3.05, 3.63) is 81.4 Å². The highest BCUT2D eigenvalue weighted by Crippen LogP contribution is 2.55. The van der Waals surface area contributed by atoms with E-state index in [0.29, 0.717) is 5.89 Å². The first-order chi connectivity index (χ1) is 15.5. The minimum Gasteiger partial charge on any atom is -0.436 e. The van der Waals surface area contributed by atoms with Crippen molar-refractivity contribution in [1.82, 2.24) is 4.98 Å². The lowest BCUT2D eigenvalue weighted by Gasteiger charge is -2.32. The van der Waals surface area contributed by atoms with Gasteiger partial charge in [0.15, 0.2) is 5.58 Å². The number of oxazole rings is 1. The third kappa shape index (κ3) is 3.03. The zero-order valence-corrected chi connectivity index (χ0v) is 18.6. The van der Waals surface area contributed by atoms with E-state index in [2.05, 4.69) is 32.0 Å². The van der Waals surface area contributed by atoms with Gasteiger partial charge in [0.25, 0.3) is 5.69 Å². The van der Waals surface area contributed by atoms with Crippen LogP contribution in [0.5, 0.6) is 0 Å². The molecule has 0 atom stereocenters. The molecule has 5 nitrogen and oxygen atoms in total. The second-order valence-corrected chi connectivity index (χ2v) is 8.82. The van der Waals surface area contributed by atoms with Gasteiger partial charge in [0.05, 0.1) is 4.92 Å². The zero-order valence-electron chi connectivity index (χ0n) is 18.6. The summed E-state index contributed by atoms with van der Waals surface area (Å²) in [6.45, 7) is 6.40. The summed E-state index contributed by atoms with van der Waals surface area (Å²) >= 11 is 0. The highest BCUT2D eigenvalue weighted by Gasteiger charge is 2.43. The largest absolute Gasteiger partial charge is 0.436 e. The van der Waals surface area contributed by atoms with Gasteiger partial charge in [-0.2, -0.15) is 0 Å². The summed E-state index contributed by atoms with van der Waals surface area (Å²) in [5.41, 5.74) is 8.20. The Balaban J connectivity index is 1.71. The fraction of sp³-hybridized carbons (Fsp3) is 0.296. The second kappa shape index (κ2) is 7.59. The van der Waals surface area contributed by atoms with E-state index >= 15 is 0 Å². The Bertz CT molecular complexity index is 1350. The van der Waals surface area contributed by atoms with Crippen LogP contribution in [-0.4, -0.2) is 9.91 Å². The van der Waals surface area contributed by atoms with Gasteiger partial charge in [0, 0.05) is 23.1 Å². The summed E-state index contributed by atoms with van der Waals surface area (Å²) < 4.78 is 6.11. The number of rotatable bonds is 6. The Morgan fingerprint density at radius 2 is 1.62 bits per heavy atom. The Kier molecular flexibility index (Phi) is 4.85. The molecule has 0 radical (unpaired) electrons. The molecule has 1 aliphatic carbocycles. The normalized spacial score (nSPS) is 13.8. The van der Waals surface area contributed by atoms with Crippen LogP contribution in [-0.2, 0) is 5.41 Å². The summed E-state index contributed by atoms with van der Waals surface area (Å²) in [6, 6.07) is 17.7. The van der Waals surface area contributed by atoms with Crippen LogP contribution < -0.4 is 0 Å². The van der Waals surface area contributed by atoms with Crippen molar-refractivity contribution < 1.29 is 9.34 Å². The number of nitro groups is 1. The lowest BCUT2D eigenvalue weighted by molar-refractivity contribution is -0.384. The van der Waals surface area contributed by atoms with Crippen molar-refractivity contribution in [2.24, 2.45) is 0 Å². The summed E-state index contributed by atoms with van der Waals surface area (Å²) in [6.07, 6.45) is 3.87. The van der Waals surface area contributed by atoms with E-state index in [1.54, 1.807) is 12.1 Å². The third-order valence-electron chi connectivity index (χ3n) is 6.70. The van der Waals surface area contributed by atoms with E-state index in [-0.39, 0.29) is 16.0 Å². The van der Waals surface area contributed by atoms with Gasteiger partial charge in [-0.3, -0.25) is 10.1 Å². The molecule has 5 rings (SSSR count). The summed E-state index contributed by atoms with van der Waals surface area (Å²) in [7, 11) is 0. The quantitative estimate of drug-likeness (QED) is 0.235. The first-order valence-corrected chi connectivity index (χ1v) is 11.3. The van der Waals surface area contributed by atoms with Gasteiger partial charge in [-0.15, -0.1) is 0 Å². The first kappa shape index (κ1) is 20.4. The molecule has 0 bridgehead atoms. The Labute approximate surface area is 187 Å². The Morgan fingerprint density at radius 1 is 0.938 bits per heavy atom. The van der Waals surface area contributed by atoms with Crippen LogP contribution in [0.4, 0.5) is 5.69 Å². The average Bonchev–Trinajstić information content (AvgIpc) is 3.31. The minimum absolute atomic E-state index is 0.155. The van der Waals surface area contributed by atoms with Crippen LogP contribution in [0.1, 0.15) is 56.2 Å². The number of aryl methyl sites for hydroxylation is 1. The van der Waals surface area contributed by atoms with Crippen LogP contribution in [0.3, 0.4) is 0 Å². The van der Waals surface area contributed by atoms with Gasteiger partial charge in [-0.25, -0.2) is 4.98 Å². The predicted molar refractivity (Wildman–Crippen MR) is 127 cm³/mol. The molecule has 1 aliphatic rings. The summed E-state index contributed by atoms with van der Waals surface area (Å²) in [5.74, 6) is 0.609.